The Bertz CT molecular complexity index is 926. The summed E-state index contributed by atoms with van der Waals surface area (Å²) in [5.41, 5.74) is 5.60. The summed E-state index contributed by atoms with van der Waals surface area (Å²) in [4.78, 5) is 19.3. The van der Waals surface area contributed by atoms with Crippen molar-refractivity contribution in [2.24, 2.45) is 0 Å². The average Bonchev–Trinajstić information content (AvgIpc) is 3.16. The summed E-state index contributed by atoms with van der Waals surface area (Å²) >= 11 is 1.65. The minimum atomic E-state index is 0.171. The fraction of sp³-hybridized carbons (Fsp3) is 0.360. The summed E-state index contributed by atoms with van der Waals surface area (Å²) in [5.74, 6) is 0.171. The summed E-state index contributed by atoms with van der Waals surface area (Å²) in [6.45, 7) is 5.08. The van der Waals surface area contributed by atoms with Crippen molar-refractivity contribution in [3.05, 3.63) is 71.9 Å². The molecule has 0 atom stereocenters. The first-order valence-corrected chi connectivity index (χ1v) is 11.7. The zero-order chi connectivity index (χ0) is 20.2. The van der Waals surface area contributed by atoms with Gasteiger partial charge in [0.05, 0.1) is 5.03 Å². The van der Waals surface area contributed by atoms with E-state index in [0.717, 1.165) is 58.7 Å². The van der Waals surface area contributed by atoms with E-state index in [0.29, 0.717) is 6.04 Å². The molecule has 2 aromatic rings. The highest BCUT2D eigenvalue weighted by molar-refractivity contribution is 7.98. The summed E-state index contributed by atoms with van der Waals surface area (Å²) in [6.07, 6.45) is 12.6. The molecule has 29 heavy (non-hydrogen) atoms. The lowest BCUT2D eigenvalue weighted by atomic mass is 9.92. The SMILES string of the molecule is C=C(Cc1ccc(SC)nc1)c1ccccc1C1=CC(=O)N(C2CCCCC2)C1. The Morgan fingerprint density at radius 2 is 1.97 bits per heavy atom. The van der Waals surface area contributed by atoms with E-state index in [2.05, 4.69) is 52.9 Å². The van der Waals surface area contributed by atoms with E-state index in [1.807, 2.05) is 18.5 Å². The van der Waals surface area contributed by atoms with Crippen LogP contribution in [-0.4, -0.2) is 34.6 Å². The summed E-state index contributed by atoms with van der Waals surface area (Å²) in [5, 5.41) is 1.03. The van der Waals surface area contributed by atoms with Crippen molar-refractivity contribution < 1.29 is 4.79 Å². The molecule has 0 unspecified atom stereocenters. The third kappa shape index (κ3) is 4.48. The quantitative estimate of drug-likeness (QED) is 0.586. The summed E-state index contributed by atoms with van der Waals surface area (Å²) < 4.78 is 0. The van der Waals surface area contributed by atoms with Crippen LogP contribution in [0.4, 0.5) is 0 Å². The lowest BCUT2D eigenvalue weighted by Crippen LogP contribution is -2.38. The highest BCUT2D eigenvalue weighted by Crippen LogP contribution is 2.33. The number of amides is 1. The van der Waals surface area contributed by atoms with Gasteiger partial charge in [-0.3, -0.25) is 4.79 Å². The van der Waals surface area contributed by atoms with Gasteiger partial charge in [-0.15, -0.1) is 11.8 Å². The lowest BCUT2D eigenvalue weighted by Gasteiger charge is -2.31. The van der Waals surface area contributed by atoms with Gasteiger partial charge < -0.3 is 4.90 Å². The number of hydrogen-bond acceptors (Lipinski definition) is 3. The number of benzene rings is 1. The van der Waals surface area contributed by atoms with Crippen LogP contribution < -0.4 is 0 Å². The highest BCUT2D eigenvalue weighted by atomic mass is 32.2. The highest BCUT2D eigenvalue weighted by Gasteiger charge is 2.30. The first-order chi connectivity index (χ1) is 14.2. The fourth-order valence-electron chi connectivity index (χ4n) is 4.45. The topological polar surface area (TPSA) is 33.2 Å². The molecule has 0 spiro atoms. The molecule has 3 nitrogen and oxygen atoms in total. The van der Waals surface area contributed by atoms with Gasteiger partial charge in [-0.2, -0.15) is 0 Å². The molecule has 1 aromatic heterocycles. The van der Waals surface area contributed by atoms with Crippen LogP contribution in [0.1, 0.15) is 48.8 Å². The van der Waals surface area contributed by atoms with Crippen molar-refractivity contribution in [1.82, 2.24) is 9.88 Å². The molecular weight excluding hydrogens is 376 g/mol. The Kier molecular flexibility index (Phi) is 6.19. The molecule has 0 saturated heterocycles. The number of thioether (sulfide) groups is 1. The second-order valence-electron chi connectivity index (χ2n) is 7.96. The first kappa shape index (κ1) is 20.0. The van der Waals surface area contributed by atoms with Crippen LogP contribution >= 0.6 is 11.8 Å². The standard InChI is InChI=1S/C25H28N2OS/c1-18(14-19-12-13-24(29-2)26-16-19)22-10-6-7-11-23(22)20-15-25(28)27(17-20)21-8-4-3-5-9-21/h6-7,10-13,15-16,21H,1,3-5,8-9,14,17H2,2H3. The van der Waals surface area contributed by atoms with Gasteiger partial charge in [0.2, 0.25) is 5.91 Å². The Labute approximate surface area is 177 Å². The third-order valence-corrected chi connectivity index (χ3v) is 6.67. The number of carbonyl (C=O) groups is 1. The van der Waals surface area contributed by atoms with E-state index >= 15 is 0 Å². The number of allylic oxidation sites excluding steroid dienone is 1. The van der Waals surface area contributed by atoms with Gasteiger partial charge in [-0.1, -0.05) is 56.2 Å². The maximum atomic E-state index is 12.7. The molecule has 1 amide bonds. The predicted molar refractivity (Wildman–Crippen MR) is 122 cm³/mol. The van der Waals surface area contributed by atoms with E-state index < -0.39 is 0 Å². The van der Waals surface area contributed by atoms with E-state index in [4.69, 9.17) is 0 Å². The van der Waals surface area contributed by atoms with Crippen LogP contribution in [-0.2, 0) is 11.2 Å². The van der Waals surface area contributed by atoms with Gasteiger partial charge >= 0.3 is 0 Å². The van der Waals surface area contributed by atoms with Crippen LogP contribution in [0.3, 0.4) is 0 Å². The largest absolute Gasteiger partial charge is 0.332 e. The number of rotatable bonds is 6. The molecule has 2 heterocycles. The molecule has 1 aromatic carbocycles. The van der Waals surface area contributed by atoms with Gasteiger partial charge in [-0.05, 0) is 59.4 Å². The van der Waals surface area contributed by atoms with Crippen LogP contribution in [0.15, 0.2) is 60.3 Å². The second kappa shape index (κ2) is 9.00. The van der Waals surface area contributed by atoms with Crippen molar-refractivity contribution in [2.45, 2.75) is 49.6 Å². The summed E-state index contributed by atoms with van der Waals surface area (Å²) in [7, 11) is 0. The van der Waals surface area contributed by atoms with Gasteiger partial charge in [0.1, 0.15) is 0 Å². The average molecular weight is 405 g/mol. The minimum absolute atomic E-state index is 0.171. The second-order valence-corrected chi connectivity index (χ2v) is 8.79. The molecule has 2 aliphatic rings. The zero-order valence-corrected chi connectivity index (χ0v) is 17.9. The third-order valence-electron chi connectivity index (χ3n) is 6.02. The number of hydrogen-bond donors (Lipinski definition) is 0. The maximum absolute atomic E-state index is 12.7. The van der Waals surface area contributed by atoms with Crippen LogP contribution in [0.5, 0.6) is 0 Å². The molecule has 150 valence electrons. The Morgan fingerprint density at radius 1 is 1.17 bits per heavy atom. The predicted octanol–water partition coefficient (Wildman–Crippen LogP) is 5.62. The maximum Gasteiger partial charge on any atom is 0.247 e. The van der Waals surface area contributed by atoms with E-state index in [1.165, 1.54) is 19.3 Å². The molecule has 1 fully saturated rings. The van der Waals surface area contributed by atoms with Gasteiger partial charge in [0, 0.05) is 24.9 Å². The fourth-order valence-corrected chi connectivity index (χ4v) is 4.82. The number of nitrogens with zero attached hydrogens (tertiary/aromatic N) is 2. The molecule has 0 bridgehead atoms. The van der Waals surface area contributed by atoms with Crippen molar-refractivity contribution in [3.8, 4) is 0 Å². The Hall–Kier alpha value is -2.33. The van der Waals surface area contributed by atoms with Crippen LogP contribution in [0.2, 0.25) is 0 Å². The minimum Gasteiger partial charge on any atom is -0.332 e. The van der Waals surface area contributed by atoms with Crippen molar-refractivity contribution in [3.63, 3.8) is 0 Å². The Balaban J connectivity index is 1.52. The van der Waals surface area contributed by atoms with Gasteiger partial charge in [-0.25, -0.2) is 4.98 Å². The van der Waals surface area contributed by atoms with E-state index in [9.17, 15) is 4.79 Å². The number of aromatic nitrogens is 1. The van der Waals surface area contributed by atoms with Crippen molar-refractivity contribution in [2.75, 3.05) is 12.8 Å². The summed E-state index contributed by atoms with van der Waals surface area (Å²) in [6, 6.07) is 12.9. The smallest absolute Gasteiger partial charge is 0.247 e. The molecule has 0 radical (unpaired) electrons. The Morgan fingerprint density at radius 3 is 2.69 bits per heavy atom. The van der Waals surface area contributed by atoms with E-state index in [1.54, 1.807) is 11.8 Å². The van der Waals surface area contributed by atoms with Crippen molar-refractivity contribution in [1.29, 1.82) is 0 Å². The number of pyridine rings is 1. The van der Waals surface area contributed by atoms with Crippen LogP contribution in [0, 0.1) is 0 Å². The molecule has 1 saturated carbocycles. The van der Waals surface area contributed by atoms with E-state index in [-0.39, 0.29) is 5.91 Å². The lowest BCUT2D eigenvalue weighted by molar-refractivity contribution is -0.127. The van der Waals surface area contributed by atoms with Gasteiger partial charge in [0.25, 0.3) is 0 Å². The van der Waals surface area contributed by atoms with Crippen LogP contribution in [0.25, 0.3) is 11.1 Å². The molecule has 4 heteroatoms. The first-order valence-electron chi connectivity index (χ1n) is 10.4. The molecule has 1 aliphatic heterocycles. The number of carbonyl (C=O) groups excluding carboxylic acids is 1. The molecule has 4 rings (SSSR count). The monoisotopic (exact) mass is 404 g/mol. The van der Waals surface area contributed by atoms with Crippen molar-refractivity contribution >= 4 is 28.8 Å². The van der Waals surface area contributed by atoms with Gasteiger partial charge in [0.15, 0.2) is 0 Å². The molecule has 0 N–H and O–H groups in total. The zero-order valence-electron chi connectivity index (χ0n) is 17.1. The molecular formula is C25H28N2OS. The normalized spacial score (nSPS) is 17.5. The molecule has 1 aliphatic carbocycles.